The van der Waals surface area contributed by atoms with Gasteiger partial charge in [-0.1, -0.05) is 0 Å². The van der Waals surface area contributed by atoms with Gasteiger partial charge in [-0.05, 0) is 89.8 Å². The Bertz CT molecular complexity index is 512. The fourth-order valence-electron chi connectivity index (χ4n) is 4.46. The average Bonchev–Trinajstić information content (AvgIpc) is 3.20. The molecule has 0 saturated carbocycles. The molecule has 2 aromatic rings. The molecule has 2 fully saturated rings. The zero-order chi connectivity index (χ0) is 14.2. The highest BCUT2D eigenvalue weighted by Gasteiger charge is 2.39. The highest BCUT2D eigenvalue weighted by molar-refractivity contribution is 7.08. The third-order valence-electron chi connectivity index (χ3n) is 5.66. The molecule has 4 rings (SSSR count). The van der Waals surface area contributed by atoms with Crippen LogP contribution in [0.5, 0.6) is 0 Å². The van der Waals surface area contributed by atoms with Crippen LogP contribution >= 0.6 is 22.7 Å². The first kappa shape index (κ1) is 14.0. The standard InChI is InChI=1S/C18H23NS2/c1-19-16-2-3-17(19)9-13(8-16)10-18(14-4-6-20-11-14)15-5-7-21-12-15/h4-7,11-13,16-18H,2-3,8-10H2,1H3/t13?,16-,17+. The van der Waals surface area contributed by atoms with E-state index >= 15 is 0 Å². The number of piperidine rings is 1. The number of thiophene rings is 2. The van der Waals surface area contributed by atoms with Crippen LogP contribution in [-0.4, -0.2) is 24.0 Å². The van der Waals surface area contributed by atoms with Crippen LogP contribution in [0.4, 0.5) is 0 Å². The van der Waals surface area contributed by atoms with Gasteiger partial charge in [0.2, 0.25) is 0 Å². The maximum absolute atomic E-state index is 2.65. The second kappa shape index (κ2) is 5.86. The van der Waals surface area contributed by atoms with E-state index in [1.54, 1.807) is 0 Å². The summed E-state index contributed by atoms with van der Waals surface area (Å²) in [5, 5.41) is 9.16. The van der Waals surface area contributed by atoms with Gasteiger partial charge < -0.3 is 4.90 Å². The minimum atomic E-state index is 0.621. The fraction of sp³-hybridized carbons (Fsp3) is 0.556. The van der Waals surface area contributed by atoms with Crippen LogP contribution in [0.25, 0.3) is 0 Å². The first-order valence-electron chi connectivity index (χ1n) is 8.07. The highest BCUT2D eigenvalue weighted by atomic mass is 32.1. The van der Waals surface area contributed by atoms with Crippen LogP contribution in [0.15, 0.2) is 33.7 Å². The molecule has 0 radical (unpaired) electrons. The van der Waals surface area contributed by atoms with Crippen LogP contribution < -0.4 is 0 Å². The number of nitrogens with zero attached hydrogens (tertiary/aromatic N) is 1. The molecule has 21 heavy (non-hydrogen) atoms. The summed E-state index contributed by atoms with van der Waals surface area (Å²) in [6, 6.07) is 6.38. The van der Waals surface area contributed by atoms with E-state index in [1.807, 2.05) is 22.7 Å². The molecule has 112 valence electrons. The van der Waals surface area contributed by atoms with Crippen molar-refractivity contribution in [2.45, 2.75) is 50.1 Å². The van der Waals surface area contributed by atoms with Gasteiger partial charge >= 0.3 is 0 Å². The lowest BCUT2D eigenvalue weighted by Crippen LogP contribution is -2.40. The van der Waals surface area contributed by atoms with Crippen molar-refractivity contribution in [1.82, 2.24) is 4.90 Å². The van der Waals surface area contributed by atoms with Gasteiger partial charge in [-0.25, -0.2) is 0 Å². The quantitative estimate of drug-likeness (QED) is 0.748. The van der Waals surface area contributed by atoms with Crippen molar-refractivity contribution in [2.75, 3.05) is 7.05 Å². The lowest BCUT2D eigenvalue weighted by atomic mass is 9.80. The summed E-state index contributed by atoms with van der Waals surface area (Å²) >= 11 is 3.67. The Morgan fingerprint density at radius 2 is 1.62 bits per heavy atom. The summed E-state index contributed by atoms with van der Waals surface area (Å²) in [5.74, 6) is 1.53. The molecule has 1 nitrogen and oxygen atoms in total. The van der Waals surface area contributed by atoms with Crippen LogP contribution in [0.2, 0.25) is 0 Å². The summed E-state index contributed by atoms with van der Waals surface area (Å²) in [7, 11) is 2.34. The van der Waals surface area contributed by atoms with E-state index < -0.39 is 0 Å². The Kier molecular flexibility index (Phi) is 3.91. The van der Waals surface area contributed by atoms with E-state index in [4.69, 9.17) is 0 Å². The Morgan fingerprint density at radius 3 is 2.10 bits per heavy atom. The largest absolute Gasteiger partial charge is 0.300 e. The van der Waals surface area contributed by atoms with Gasteiger partial charge in [0.25, 0.3) is 0 Å². The summed E-state index contributed by atoms with van der Waals surface area (Å²) in [4.78, 5) is 2.65. The molecule has 2 bridgehead atoms. The number of fused-ring (bicyclic) bond motifs is 2. The van der Waals surface area contributed by atoms with Gasteiger partial charge in [0.15, 0.2) is 0 Å². The monoisotopic (exact) mass is 317 g/mol. The second-order valence-electron chi connectivity index (χ2n) is 6.79. The van der Waals surface area contributed by atoms with E-state index in [0.717, 1.165) is 18.0 Å². The topological polar surface area (TPSA) is 3.24 Å². The summed E-state index contributed by atoms with van der Waals surface area (Å²) in [5.41, 5.74) is 3.06. The molecular weight excluding hydrogens is 294 g/mol. The molecule has 2 aliphatic heterocycles. The predicted octanol–water partition coefficient (Wildman–Crippen LogP) is 5.20. The molecule has 3 atom stereocenters. The lowest BCUT2D eigenvalue weighted by Gasteiger charge is -2.37. The van der Waals surface area contributed by atoms with Gasteiger partial charge in [0.1, 0.15) is 0 Å². The molecule has 0 N–H and O–H groups in total. The lowest BCUT2D eigenvalue weighted by molar-refractivity contribution is 0.127. The van der Waals surface area contributed by atoms with Crippen molar-refractivity contribution in [3.8, 4) is 0 Å². The summed E-state index contributed by atoms with van der Waals surface area (Å²) < 4.78 is 0. The van der Waals surface area contributed by atoms with Crippen molar-refractivity contribution >= 4 is 22.7 Å². The van der Waals surface area contributed by atoms with Gasteiger partial charge in [-0.3, -0.25) is 0 Å². The first-order valence-corrected chi connectivity index (χ1v) is 9.96. The zero-order valence-corrected chi connectivity index (χ0v) is 14.2. The maximum atomic E-state index is 2.65. The normalized spacial score (nSPS) is 29.3. The smallest absolute Gasteiger partial charge is 0.0108 e. The third-order valence-corrected chi connectivity index (χ3v) is 7.06. The van der Waals surface area contributed by atoms with Gasteiger partial charge in [-0.15, -0.1) is 0 Å². The van der Waals surface area contributed by atoms with Crippen LogP contribution in [0.1, 0.15) is 49.1 Å². The Labute approximate surface area is 135 Å². The molecule has 0 aliphatic carbocycles. The number of hydrogen-bond acceptors (Lipinski definition) is 3. The maximum Gasteiger partial charge on any atom is 0.0108 e. The highest BCUT2D eigenvalue weighted by Crippen LogP contribution is 2.43. The number of rotatable bonds is 4. The molecule has 0 aromatic carbocycles. The SMILES string of the molecule is CN1[C@@H]2CC[C@H]1CC(CC(c1ccsc1)c1ccsc1)C2. The average molecular weight is 318 g/mol. The van der Waals surface area contributed by atoms with Gasteiger partial charge in [-0.2, -0.15) is 22.7 Å². The van der Waals surface area contributed by atoms with Crippen LogP contribution in [0, 0.1) is 5.92 Å². The van der Waals surface area contributed by atoms with Crippen molar-refractivity contribution in [3.63, 3.8) is 0 Å². The van der Waals surface area contributed by atoms with Gasteiger partial charge in [0.05, 0.1) is 0 Å². The first-order chi connectivity index (χ1) is 10.3. The number of hydrogen-bond donors (Lipinski definition) is 0. The molecular formula is C18H23NS2. The van der Waals surface area contributed by atoms with E-state index in [1.165, 1.54) is 43.2 Å². The van der Waals surface area contributed by atoms with Crippen molar-refractivity contribution < 1.29 is 0 Å². The van der Waals surface area contributed by atoms with Crippen molar-refractivity contribution in [3.05, 3.63) is 44.8 Å². The summed E-state index contributed by atoms with van der Waals surface area (Å²) in [6.45, 7) is 0. The fourth-order valence-corrected chi connectivity index (χ4v) is 5.89. The minimum Gasteiger partial charge on any atom is -0.300 e. The molecule has 1 unspecified atom stereocenters. The minimum absolute atomic E-state index is 0.621. The van der Waals surface area contributed by atoms with E-state index in [-0.39, 0.29) is 0 Å². The molecule has 2 aromatic heterocycles. The predicted molar refractivity (Wildman–Crippen MR) is 92.4 cm³/mol. The third kappa shape index (κ3) is 2.71. The Morgan fingerprint density at radius 1 is 1.05 bits per heavy atom. The molecule has 0 spiro atoms. The molecule has 3 heteroatoms. The van der Waals surface area contributed by atoms with Crippen molar-refractivity contribution in [2.24, 2.45) is 5.92 Å². The van der Waals surface area contributed by atoms with E-state index in [0.29, 0.717) is 5.92 Å². The second-order valence-corrected chi connectivity index (χ2v) is 8.35. The summed E-state index contributed by atoms with van der Waals surface area (Å²) in [6.07, 6.45) is 7.03. The van der Waals surface area contributed by atoms with E-state index in [2.05, 4.69) is 45.6 Å². The Balaban J connectivity index is 1.53. The van der Waals surface area contributed by atoms with Crippen molar-refractivity contribution in [1.29, 1.82) is 0 Å². The van der Waals surface area contributed by atoms with Gasteiger partial charge in [0, 0.05) is 18.0 Å². The molecule has 2 aliphatic rings. The van der Waals surface area contributed by atoms with E-state index in [9.17, 15) is 0 Å². The molecule has 4 heterocycles. The Hall–Kier alpha value is -0.640. The van der Waals surface area contributed by atoms with Crippen LogP contribution in [-0.2, 0) is 0 Å². The zero-order valence-electron chi connectivity index (χ0n) is 12.6. The van der Waals surface area contributed by atoms with Crippen LogP contribution in [0.3, 0.4) is 0 Å². The molecule has 0 amide bonds. The molecule has 2 saturated heterocycles.